The predicted molar refractivity (Wildman–Crippen MR) is 103 cm³/mol. The third-order valence-corrected chi connectivity index (χ3v) is 5.78. The predicted octanol–water partition coefficient (Wildman–Crippen LogP) is 4.85. The van der Waals surface area contributed by atoms with Gasteiger partial charge in [0.05, 0.1) is 9.77 Å². The number of sulfone groups is 1. The number of benzene rings is 2. The fourth-order valence-electron chi connectivity index (χ4n) is 2.10. The Bertz CT molecular complexity index is 1040. The van der Waals surface area contributed by atoms with Gasteiger partial charge in [-0.25, -0.2) is 8.42 Å². The Morgan fingerprint density at radius 3 is 2.42 bits per heavy atom. The second-order valence-electron chi connectivity index (χ2n) is 5.46. The zero-order valence-electron chi connectivity index (χ0n) is 13.6. The van der Waals surface area contributed by atoms with E-state index in [-0.39, 0.29) is 10.8 Å². The van der Waals surface area contributed by atoms with Gasteiger partial charge in [-0.05, 0) is 48.5 Å². The van der Waals surface area contributed by atoms with Crippen LogP contribution in [0.2, 0.25) is 5.02 Å². The van der Waals surface area contributed by atoms with E-state index in [1.807, 2.05) is 0 Å². The van der Waals surface area contributed by atoms with Gasteiger partial charge in [-0.15, -0.1) is 11.3 Å². The number of anilines is 1. The summed E-state index contributed by atoms with van der Waals surface area (Å²) < 4.78 is 28.7. The van der Waals surface area contributed by atoms with E-state index in [1.54, 1.807) is 48.5 Å². The first kappa shape index (κ1) is 18.4. The smallest absolute Gasteiger partial charge is 0.265 e. The number of ether oxygens (including phenoxy) is 1. The second-order valence-corrected chi connectivity index (χ2v) is 8.82. The van der Waals surface area contributed by atoms with Crippen LogP contribution in [0.4, 0.5) is 5.69 Å². The summed E-state index contributed by atoms with van der Waals surface area (Å²) >= 11 is 7.00. The maximum absolute atomic E-state index is 12.2. The number of thiophene rings is 1. The van der Waals surface area contributed by atoms with E-state index in [1.165, 1.54) is 11.4 Å². The normalized spacial score (nSPS) is 11.2. The van der Waals surface area contributed by atoms with Crippen molar-refractivity contribution in [2.75, 3.05) is 11.6 Å². The molecule has 1 aromatic heterocycles. The highest BCUT2D eigenvalue weighted by Crippen LogP contribution is 2.26. The lowest BCUT2D eigenvalue weighted by molar-refractivity contribution is 0.103. The number of hydrogen-bond donors (Lipinski definition) is 1. The largest absolute Gasteiger partial charge is 0.457 e. The van der Waals surface area contributed by atoms with Crippen molar-refractivity contribution in [2.45, 2.75) is 4.90 Å². The lowest BCUT2D eigenvalue weighted by Gasteiger charge is -2.08. The molecule has 3 rings (SSSR count). The molecule has 0 unspecified atom stereocenters. The molecule has 0 bridgehead atoms. The Balaban J connectivity index is 1.67. The van der Waals surface area contributed by atoms with Gasteiger partial charge in [-0.1, -0.05) is 17.7 Å². The highest BCUT2D eigenvalue weighted by atomic mass is 35.5. The minimum atomic E-state index is -3.32. The number of carbonyl (C=O) groups is 1. The Morgan fingerprint density at radius 2 is 1.81 bits per heavy atom. The molecule has 0 saturated carbocycles. The number of nitrogens with one attached hydrogen (secondary N) is 1. The molecule has 0 radical (unpaired) electrons. The number of halogens is 1. The zero-order chi connectivity index (χ0) is 18.7. The molecule has 1 heterocycles. The summed E-state index contributed by atoms with van der Waals surface area (Å²) in [6, 6.07) is 15.2. The van der Waals surface area contributed by atoms with Crippen LogP contribution in [0.3, 0.4) is 0 Å². The summed E-state index contributed by atoms with van der Waals surface area (Å²) in [6.45, 7) is 0. The van der Waals surface area contributed by atoms with Crippen molar-refractivity contribution in [1.82, 2.24) is 0 Å². The van der Waals surface area contributed by atoms with Gasteiger partial charge in [0.15, 0.2) is 9.84 Å². The van der Waals surface area contributed by atoms with Crippen LogP contribution in [0.25, 0.3) is 0 Å². The molecule has 0 aliphatic carbocycles. The van der Waals surface area contributed by atoms with Gasteiger partial charge < -0.3 is 10.1 Å². The van der Waals surface area contributed by atoms with Gasteiger partial charge in [0.2, 0.25) is 0 Å². The third kappa shape index (κ3) is 4.63. The van der Waals surface area contributed by atoms with E-state index in [4.69, 9.17) is 16.3 Å². The van der Waals surface area contributed by atoms with E-state index in [2.05, 4.69) is 5.32 Å². The average Bonchev–Trinajstić information content (AvgIpc) is 3.07. The van der Waals surface area contributed by atoms with Crippen LogP contribution in [0.1, 0.15) is 9.67 Å². The van der Waals surface area contributed by atoms with Crippen LogP contribution in [-0.2, 0) is 9.84 Å². The minimum Gasteiger partial charge on any atom is -0.457 e. The van der Waals surface area contributed by atoms with Gasteiger partial charge in [0, 0.05) is 22.3 Å². The Hall–Kier alpha value is -2.35. The minimum absolute atomic E-state index is 0.137. The van der Waals surface area contributed by atoms with Crippen LogP contribution >= 0.6 is 22.9 Å². The molecular weight excluding hydrogens is 394 g/mol. The summed E-state index contributed by atoms with van der Waals surface area (Å²) in [5, 5.41) is 4.75. The Labute approximate surface area is 160 Å². The zero-order valence-corrected chi connectivity index (χ0v) is 16.0. The number of rotatable bonds is 5. The van der Waals surface area contributed by atoms with Gasteiger partial charge in [0.1, 0.15) is 11.5 Å². The van der Waals surface area contributed by atoms with Crippen LogP contribution in [0.5, 0.6) is 11.5 Å². The molecule has 0 fully saturated rings. The van der Waals surface area contributed by atoms with E-state index < -0.39 is 9.84 Å². The number of amides is 1. The van der Waals surface area contributed by atoms with E-state index >= 15 is 0 Å². The first-order chi connectivity index (χ1) is 12.3. The molecule has 5 nitrogen and oxygen atoms in total. The number of carbonyl (C=O) groups excluding carboxylic acids is 1. The summed E-state index contributed by atoms with van der Waals surface area (Å²) in [6.07, 6.45) is 1.11. The third-order valence-electron chi connectivity index (χ3n) is 3.37. The lowest BCUT2D eigenvalue weighted by Crippen LogP contribution is -2.10. The highest BCUT2D eigenvalue weighted by molar-refractivity contribution is 7.90. The molecule has 8 heteroatoms. The molecule has 3 aromatic rings. The molecule has 0 atom stereocenters. The molecule has 1 amide bonds. The van der Waals surface area contributed by atoms with Crippen LogP contribution in [-0.4, -0.2) is 20.6 Å². The summed E-state index contributed by atoms with van der Waals surface area (Å²) in [7, 11) is -3.32. The molecule has 0 spiro atoms. The van der Waals surface area contributed by atoms with Gasteiger partial charge in [-0.2, -0.15) is 0 Å². The van der Waals surface area contributed by atoms with Gasteiger partial charge in [0.25, 0.3) is 5.91 Å². The van der Waals surface area contributed by atoms with Crippen molar-refractivity contribution in [3.8, 4) is 11.5 Å². The highest BCUT2D eigenvalue weighted by Gasteiger charge is 2.15. The summed E-state index contributed by atoms with van der Waals surface area (Å²) in [4.78, 5) is 12.7. The van der Waals surface area contributed by atoms with Crippen molar-refractivity contribution in [3.63, 3.8) is 0 Å². The molecule has 2 aromatic carbocycles. The first-order valence-electron chi connectivity index (χ1n) is 7.45. The molecule has 134 valence electrons. The van der Waals surface area contributed by atoms with E-state index in [9.17, 15) is 13.2 Å². The van der Waals surface area contributed by atoms with E-state index in [0.717, 1.165) is 17.6 Å². The van der Waals surface area contributed by atoms with Gasteiger partial charge >= 0.3 is 0 Å². The fourth-order valence-corrected chi connectivity index (χ4v) is 4.19. The van der Waals surface area contributed by atoms with E-state index in [0.29, 0.717) is 27.1 Å². The Morgan fingerprint density at radius 1 is 1.08 bits per heavy atom. The molecular formula is C18H14ClNO4S2. The first-order valence-corrected chi connectivity index (χ1v) is 10.6. The van der Waals surface area contributed by atoms with Crippen LogP contribution in [0, 0.1) is 0 Å². The molecule has 0 aliphatic heterocycles. The number of hydrogen-bond acceptors (Lipinski definition) is 5. The maximum Gasteiger partial charge on any atom is 0.265 e. The monoisotopic (exact) mass is 407 g/mol. The second kappa shape index (κ2) is 7.49. The molecule has 1 N–H and O–H groups in total. The van der Waals surface area contributed by atoms with Crippen molar-refractivity contribution in [2.24, 2.45) is 0 Å². The molecule has 26 heavy (non-hydrogen) atoms. The Kier molecular flexibility index (Phi) is 5.31. The van der Waals surface area contributed by atoms with Gasteiger partial charge in [-0.3, -0.25) is 4.79 Å². The van der Waals surface area contributed by atoms with Crippen molar-refractivity contribution in [1.29, 1.82) is 0 Å². The van der Waals surface area contributed by atoms with Crippen LogP contribution in [0.15, 0.2) is 64.9 Å². The summed E-state index contributed by atoms with van der Waals surface area (Å²) in [5.74, 6) is 0.843. The quantitative estimate of drug-likeness (QED) is 0.656. The van der Waals surface area contributed by atoms with Crippen molar-refractivity contribution >= 4 is 44.4 Å². The summed E-state index contributed by atoms with van der Waals surface area (Å²) in [5.41, 5.74) is 0.572. The molecule has 0 saturated heterocycles. The van der Waals surface area contributed by atoms with Crippen LogP contribution < -0.4 is 10.1 Å². The fraction of sp³-hybridized carbons (Fsp3) is 0.0556. The average molecular weight is 408 g/mol. The van der Waals surface area contributed by atoms with Crippen molar-refractivity contribution in [3.05, 3.63) is 69.9 Å². The maximum atomic E-state index is 12.2. The topological polar surface area (TPSA) is 72.5 Å². The van der Waals surface area contributed by atoms with Crippen molar-refractivity contribution < 1.29 is 17.9 Å². The lowest BCUT2D eigenvalue weighted by atomic mass is 10.3. The standard InChI is InChI=1S/C18H14ClNO4S2/c1-26(22,23)16-10-17(25-11-16)18(21)20-13-5-7-14(8-6-13)24-15-4-2-3-12(19)9-15/h2-11H,1H3,(H,20,21). The molecule has 0 aliphatic rings. The SMILES string of the molecule is CS(=O)(=O)c1csc(C(=O)Nc2ccc(Oc3cccc(Cl)c3)cc2)c1.